The number of hydrogen-bond donors (Lipinski definition) is 3. The minimum Gasteiger partial charge on any atom is -0.174 e. The predicted octanol–water partition coefficient (Wildman–Crippen LogP) is 3.64. The first kappa shape index (κ1) is 16.3. The molecular formula is C13H12N4S5. The Bertz CT molecular complexity index is 701. The molecule has 0 spiro atoms. The van der Waals surface area contributed by atoms with Crippen molar-refractivity contribution >= 4 is 60.6 Å². The largest absolute Gasteiger partial charge is 0.174 e. The molecule has 2 heterocycles. The average molecular weight is 385 g/mol. The highest BCUT2D eigenvalue weighted by Crippen LogP contribution is 2.37. The number of nitrogens with zero attached hydrogens (tertiary/aromatic N) is 4. The summed E-state index contributed by atoms with van der Waals surface area (Å²) in [4.78, 5) is 0. The van der Waals surface area contributed by atoms with Gasteiger partial charge in [0.1, 0.15) is 10.0 Å². The van der Waals surface area contributed by atoms with Gasteiger partial charge in [-0.1, -0.05) is 53.0 Å². The summed E-state index contributed by atoms with van der Waals surface area (Å²) in [6, 6.07) is 10.2. The van der Waals surface area contributed by atoms with Crippen LogP contribution in [0, 0.1) is 0 Å². The topological polar surface area (TPSA) is 51.6 Å². The monoisotopic (exact) mass is 384 g/mol. The standard InChI is InChI=1S/C13H12N4S5/c18-8(6-7-4-2-1-3-5-7)9(10-14-16-12(19)21-10)11-15-17-13(20)22-11/h1-5,8-9,18H,6H2,(H,16,19)(H,17,20). The second kappa shape index (κ2) is 7.31. The summed E-state index contributed by atoms with van der Waals surface area (Å²) in [6.45, 7) is 0. The van der Waals surface area contributed by atoms with Gasteiger partial charge in [0.2, 0.25) is 0 Å². The molecule has 1 unspecified atom stereocenters. The Labute approximate surface area is 152 Å². The minimum atomic E-state index is -0.0691. The van der Waals surface area contributed by atoms with Crippen LogP contribution in [-0.2, 0) is 6.42 Å². The molecule has 0 bridgehead atoms. The Morgan fingerprint density at radius 3 is 1.86 bits per heavy atom. The van der Waals surface area contributed by atoms with Crippen LogP contribution >= 0.6 is 60.6 Å². The van der Waals surface area contributed by atoms with E-state index in [-0.39, 0.29) is 11.2 Å². The number of hydrogen-bond acceptors (Lipinski definition) is 9. The van der Waals surface area contributed by atoms with Gasteiger partial charge in [0.25, 0.3) is 0 Å². The Hall–Kier alpha value is -0.610. The van der Waals surface area contributed by atoms with Crippen LogP contribution in [0.25, 0.3) is 0 Å². The smallest absolute Gasteiger partial charge is 0.171 e. The average Bonchev–Trinajstić information content (AvgIpc) is 3.10. The maximum atomic E-state index is 4.81. The van der Waals surface area contributed by atoms with E-state index in [4.69, 9.17) is 12.6 Å². The molecule has 3 rings (SSSR count). The summed E-state index contributed by atoms with van der Waals surface area (Å²) in [7, 11) is 0. The van der Waals surface area contributed by atoms with Gasteiger partial charge in [-0.25, -0.2) is 0 Å². The van der Waals surface area contributed by atoms with E-state index in [2.05, 4.69) is 57.8 Å². The van der Waals surface area contributed by atoms with Gasteiger partial charge >= 0.3 is 0 Å². The summed E-state index contributed by atoms with van der Waals surface area (Å²) in [5.41, 5.74) is 1.22. The summed E-state index contributed by atoms with van der Waals surface area (Å²) in [5, 5.41) is 18.2. The highest BCUT2D eigenvalue weighted by atomic mass is 32.2. The first-order chi connectivity index (χ1) is 10.6. The highest BCUT2D eigenvalue weighted by Gasteiger charge is 2.29. The predicted molar refractivity (Wildman–Crippen MR) is 99.1 cm³/mol. The van der Waals surface area contributed by atoms with E-state index in [1.54, 1.807) is 0 Å². The van der Waals surface area contributed by atoms with Crippen LogP contribution in [0.3, 0.4) is 0 Å². The van der Waals surface area contributed by atoms with Crippen molar-refractivity contribution in [3.8, 4) is 0 Å². The van der Waals surface area contributed by atoms with Crippen molar-refractivity contribution in [1.82, 2.24) is 20.4 Å². The third-order valence-corrected chi connectivity index (χ3v) is 5.89. The molecule has 1 atom stereocenters. The quantitative estimate of drug-likeness (QED) is 0.588. The fourth-order valence-electron chi connectivity index (χ4n) is 2.11. The molecule has 22 heavy (non-hydrogen) atoms. The van der Waals surface area contributed by atoms with Gasteiger partial charge in [-0.3, -0.25) is 0 Å². The van der Waals surface area contributed by atoms with Crippen LogP contribution in [0.15, 0.2) is 39.0 Å². The maximum Gasteiger partial charge on any atom is 0.171 e. The lowest BCUT2D eigenvalue weighted by Gasteiger charge is -2.18. The van der Waals surface area contributed by atoms with E-state index < -0.39 is 0 Å². The lowest BCUT2D eigenvalue weighted by molar-refractivity contribution is 0.705. The van der Waals surface area contributed by atoms with Crippen LogP contribution in [0.1, 0.15) is 21.5 Å². The molecule has 0 aliphatic rings. The van der Waals surface area contributed by atoms with Crippen LogP contribution in [0.2, 0.25) is 0 Å². The first-order valence-electron chi connectivity index (χ1n) is 6.40. The van der Waals surface area contributed by atoms with Crippen LogP contribution in [-0.4, -0.2) is 25.6 Å². The van der Waals surface area contributed by atoms with Gasteiger partial charge in [-0.2, -0.15) is 12.6 Å². The number of benzene rings is 1. The molecule has 1 aromatic carbocycles. The molecule has 0 saturated carbocycles. The van der Waals surface area contributed by atoms with Crippen molar-refractivity contribution in [1.29, 1.82) is 0 Å². The molecule has 3 aromatic rings. The van der Waals surface area contributed by atoms with Crippen LogP contribution in [0.5, 0.6) is 0 Å². The second-order valence-electron chi connectivity index (χ2n) is 4.58. The summed E-state index contributed by atoms with van der Waals surface area (Å²) < 4.78 is 1.27. The van der Waals surface area contributed by atoms with E-state index in [1.165, 1.54) is 28.2 Å². The van der Waals surface area contributed by atoms with E-state index >= 15 is 0 Å². The molecule has 0 radical (unpaired) electrons. The van der Waals surface area contributed by atoms with E-state index in [0.717, 1.165) is 16.4 Å². The molecule has 0 N–H and O–H groups in total. The molecule has 9 heteroatoms. The van der Waals surface area contributed by atoms with Crippen molar-refractivity contribution in [3.63, 3.8) is 0 Å². The van der Waals surface area contributed by atoms with Gasteiger partial charge in [0.15, 0.2) is 8.68 Å². The van der Waals surface area contributed by atoms with E-state index in [9.17, 15) is 0 Å². The summed E-state index contributed by atoms with van der Waals surface area (Å²) in [6.07, 6.45) is 0.803. The van der Waals surface area contributed by atoms with Crippen molar-refractivity contribution in [2.24, 2.45) is 0 Å². The minimum absolute atomic E-state index is 0.0174. The fourth-order valence-corrected chi connectivity index (χ4v) is 5.04. The fraction of sp³-hybridized carbons (Fsp3) is 0.231. The van der Waals surface area contributed by atoms with Gasteiger partial charge in [0, 0.05) is 5.25 Å². The van der Waals surface area contributed by atoms with Gasteiger partial charge in [0.05, 0.1) is 5.92 Å². The van der Waals surface area contributed by atoms with Gasteiger partial charge < -0.3 is 0 Å². The van der Waals surface area contributed by atoms with Crippen LogP contribution in [0.4, 0.5) is 0 Å². The molecule has 0 amide bonds. The Morgan fingerprint density at radius 1 is 0.864 bits per heavy atom. The zero-order valence-electron chi connectivity index (χ0n) is 11.2. The molecule has 0 aliphatic heterocycles. The summed E-state index contributed by atoms with van der Waals surface area (Å²) >= 11 is 16.2. The third kappa shape index (κ3) is 3.83. The van der Waals surface area contributed by atoms with Crippen molar-refractivity contribution < 1.29 is 0 Å². The SMILES string of the molecule is Sc1nnc(C(c2nnc(S)s2)C(S)Cc2ccccc2)s1. The lowest BCUT2D eigenvalue weighted by atomic mass is 10.00. The molecule has 0 saturated heterocycles. The molecule has 0 aliphatic carbocycles. The maximum absolute atomic E-state index is 4.81. The molecule has 0 fully saturated rings. The van der Waals surface area contributed by atoms with Crippen LogP contribution < -0.4 is 0 Å². The number of rotatable bonds is 5. The second-order valence-corrected chi connectivity index (χ2v) is 8.71. The van der Waals surface area contributed by atoms with Crippen molar-refractivity contribution in [3.05, 3.63) is 45.9 Å². The van der Waals surface area contributed by atoms with Gasteiger partial charge in [-0.05, 0) is 12.0 Å². The molecule has 4 nitrogen and oxygen atoms in total. The highest BCUT2D eigenvalue weighted by molar-refractivity contribution is 7.83. The Morgan fingerprint density at radius 2 is 1.41 bits per heavy atom. The lowest BCUT2D eigenvalue weighted by Crippen LogP contribution is -2.17. The van der Waals surface area contributed by atoms with E-state index in [1.807, 2.05) is 18.2 Å². The normalized spacial score (nSPS) is 12.7. The molecular weight excluding hydrogens is 373 g/mol. The van der Waals surface area contributed by atoms with Crippen molar-refractivity contribution in [2.45, 2.75) is 26.3 Å². The molecule has 2 aromatic heterocycles. The van der Waals surface area contributed by atoms with Gasteiger partial charge in [-0.15, -0.1) is 45.7 Å². The number of aromatic nitrogens is 4. The molecule has 114 valence electrons. The zero-order valence-corrected chi connectivity index (χ0v) is 15.5. The Balaban J connectivity index is 1.91. The first-order valence-corrected chi connectivity index (χ1v) is 9.44. The van der Waals surface area contributed by atoms with E-state index in [0.29, 0.717) is 8.68 Å². The summed E-state index contributed by atoms with van der Waals surface area (Å²) in [5.74, 6) is -0.0691. The Kier molecular flexibility index (Phi) is 5.40. The number of thiol groups is 3. The third-order valence-electron chi connectivity index (χ3n) is 3.06. The zero-order chi connectivity index (χ0) is 15.5. The van der Waals surface area contributed by atoms with Crippen molar-refractivity contribution in [2.75, 3.05) is 0 Å².